The van der Waals surface area contributed by atoms with Crippen LogP contribution in [0.4, 0.5) is 23.2 Å². The van der Waals surface area contributed by atoms with Gasteiger partial charge in [-0.05, 0) is 36.2 Å². The highest BCUT2D eigenvalue weighted by Gasteiger charge is 2.35. The number of hydrogen-bond acceptors (Lipinski definition) is 3. The third kappa shape index (κ3) is 5.77. The van der Waals surface area contributed by atoms with E-state index in [1.165, 1.54) is 29.2 Å². The second kappa shape index (κ2) is 8.70. The fraction of sp³-hybridized carbons (Fsp3) is 0.350. The Morgan fingerprint density at radius 1 is 1.11 bits per heavy atom. The van der Waals surface area contributed by atoms with E-state index < -0.39 is 24.6 Å². The molecule has 0 aromatic heterocycles. The van der Waals surface area contributed by atoms with Gasteiger partial charge in [0.05, 0.1) is 6.54 Å². The third-order valence-corrected chi connectivity index (χ3v) is 4.58. The van der Waals surface area contributed by atoms with Crippen LogP contribution in [0.2, 0.25) is 0 Å². The molecule has 0 bridgehead atoms. The van der Waals surface area contributed by atoms with E-state index in [2.05, 4.69) is 10.6 Å². The highest BCUT2D eigenvalue weighted by atomic mass is 19.4. The summed E-state index contributed by atoms with van der Waals surface area (Å²) in [5.41, 5.74) is 1.15. The van der Waals surface area contributed by atoms with E-state index in [9.17, 15) is 22.4 Å². The van der Waals surface area contributed by atoms with E-state index in [4.69, 9.17) is 0 Å². The Bertz CT molecular complexity index is 780. The Balaban J connectivity index is 1.69. The van der Waals surface area contributed by atoms with Gasteiger partial charge in [-0.3, -0.25) is 15.0 Å². The average Bonchev–Trinajstić information content (AvgIpc) is 3.07. The number of carbonyl (C=O) groups is 1. The zero-order chi connectivity index (χ0) is 20.1. The predicted octanol–water partition coefficient (Wildman–Crippen LogP) is 3.73. The van der Waals surface area contributed by atoms with Gasteiger partial charge in [0.2, 0.25) is 5.91 Å². The van der Waals surface area contributed by atoms with Crippen LogP contribution in [0.15, 0.2) is 54.6 Å². The van der Waals surface area contributed by atoms with E-state index >= 15 is 0 Å². The average molecular weight is 395 g/mol. The van der Waals surface area contributed by atoms with Crippen LogP contribution < -0.4 is 10.6 Å². The number of amides is 1. The maximum absolute atomic E-state index is 13.1. The van der Waals surface area contributed by atoms with E-state index in [1.807, 2.05) is 6.07 Å². The van der Waals surface area contributed by atoms with Gasteiger partial charge in [-0.2, -0.15) is 13.2 Å². The summed E-state index contributed by atoms with van der Waals surface area (Å²) in [4.78, 5) is 14.2. The number of alkyl halides is 3. The lowest BCUT2D eigenvalue weighted by molar-refractivity contribution is -0.143. The molecular formula is C20H21F4N3O. The molecule has 4 nitrogen and oxygen atoms in total. The zero-order valence-corrected chi connectivity index (χ0v) is 15.0. The molecule has 1 amide bonds. The van der Waals surface area contributed by atoms with Gasteiger partial charge in [0, 0.05) is 24.8 Å². The fourth-order valence-electron chi connectivity index (χ4n) is 3.32. The fourth-order valence-corrected chi connectivity index (χ4v) is 3.32. The van der Waals surface area contributed by atoms with Gasteiger partial charge in [-0.15, -0.1) is 0 Å². The number of likely N-dealkylation sites (tertiary alicyclic amines) is 1. The van der Waals surface area contributed by atoms with Crippen molar-refractivity contribution in [2.45, 2.75) is 24.7 Å². The molecule has 2 atom stereocenters. The van der Waals surface area contributed by atoms with Crippen LogP contribution in [0.3, 0.4) is 0 Å². The predicted molar refractivity (Wildman–Crippen MR) is 98.2 cm³/mol. The summed E-state index contributed by atoms with van der Waals surface area (Å²) in [5.74, 6) is -0.765. The van der Waals surface area contributed by atoms with Crippen molar-refractivity contribution in [2.75, 3.05) is 25.0 Å². The van der Waals surface area contributed by atoms with Crippen LogP contribution in [0.5, 0.6) is 0 Å². The first-order valence-electron chi connectivity index (χ1n) is 8.97. The van der Waals surface area contributed by atoms with E-state index in [0.717, 1.165) is 0 Å². The molecule has 8 heteroatoms. The molecule has 0 radical (unpaired) electrons. The van der Waals surface area contributed by atoms with Crippen molar-refractivity contribution >= 4 is 11.6 Å². The van der Waals surface area contributed by atoms with Crippen molar-refractivity contribution in [3.05, 3.63) is 66.0 Å². The Hall–Kier alpha value is -2.45. The molecule has 1 aliphatic heterocycles. The number of halogens is 4. The molecule has 0 spiro atoms. The Morgan fingerprint density at radius 3 is 2.43 bits per heavy atom. The van der Waals surface area contributed by atoms with Gasteiger partial charge >= 0.3 is 6.18 Å². The summed E-state index contributed by atoms with van der Waals surface area (Å²) in [7, 11) is 0. The molecule has 3 rings (SSSR count). The quantitative estimate of drug-likeness (QED) is 0.733. The number of hydrogen-bond donors (Lipinski definition) is 2. The van der Waals surface area contributed by atoms with Crippen molar-refractivity contribution in [1.29, 1.82) is 0 Å². The minimum absolute atomic E-state index is 0.215. The lowest BCUT2D eigenvalue weighted by Crippen LogP contribution is -2.42. The molecule has 1 saturated heterocycles. The van der Waals surface area contributed by atoms with Crippen LogP contribution in [-0.4, -0.2) is 42.7 Å². The number of benzene rings is 2. The molecule has 0 unspecified atom stereocenters. The van der Waals surface area contributed by atoms with Gasteiger partial charge in [-0.25, -0.2) is 4.39 Å². The van der Waals surface area contributed by atoms with Gasteiger partial charge in [0.1, 0.15) is 11.9 Å². The molecule has 1 heterocycles. The van der Waals surface area contributed by atoms with Crippen molar-refractivity contribution < 1.29 is 22.4 Å². The highest BCUT2D eigenvalue weighted by Crippen LogP contribution is 2.23. The summed E-state index contributed by atoms with van der Waals surface area (Å²) < 4.78 is 50.9. The summed E-state index contributed by atoms with van der Waals surface area (Å²) in [6, 6.07) is 13.4. The Kier molecular flexibility index (Phi) is 6.31. The first-order valence-corrected chi connectivity index (χ1v) is 8.97. The lowest BCUT2D eigenvalue weighted by Gasteiger charge is -2.24. The molecule has 1 fully saturated rings. The SMILES string of the molecule is O=C(Nc1ccc(F)cc1)[C@H](N[C@@H]1CCN(CC(F)(F)F)C1)c1ccccc1. The number of carbonyl (C=O) groups excluding carboxylic acids is 1. The van der Waals surface area contributed by atoms with Crippen molar-refractivity contribution in [2.24, 2.45) is 0 Å². The standard InChI is InChI=1S/C20H21F4N3O/c21-15-6-8-16(9-7-15)26-19(28)18(14-4-2-1-3-5-14)25-17-10-11-27(12-17)13-20(22,23)24/h1-9,17-18,25H,10-13H2,(H,26,28)/t17-,18-/m1/s1. The van der Waals surface area contributed by atoms with E-state index in [1.54, 1.807) is 24.3 Å². The van der Waals surface area contributed by atoms with Crippen LogP contribution in [0, 0.1) is 5.82 Å². The Labute approximate surface area is 160 Å². The van der Waals surface area contributed by atoms with Gasteiger partial charge in [0.25, 0.3) is 0 Å². The van der Waals surface area contributed by atoms with Gasteiger partial charge in [-0.1, -0.05) is 30.3 Å². The number of nitrogens with one attached hydrogen (secondary N) is 2. The van der Waals surface area contributed by atoms with E-state index in [-0.39, 0.29) is 18.5 Å². The molecule has 0 aliphatic carbocycles. The number of anilines is 1. The van der Waals surface area contributed by atoms with Crippen LogP contribution in [0.1, 0.15) is 18.0 Å². The lowest BCUT2D eigenvalue weighted by atomic mass is 10.0. The van der Waals surface area contributed by atoms with Crippen molar-refractivity contribution in [3.8, 4) is 0 Å². The molecule has 0 saturated carbocycles. The minimum atomic E-state index is -4.24. The summed E-state index contributed by atoms with van der Waals surface area (Å²) in [5, 5.41) is 5.91. The molecule has 2 N–H and O–H groups in total. The molecule has 150 valence electrons. The van der Waals surface area contributed by atoms with Crippen LogP contribution in [0.25, 0.3) is 0 Å². The van der Waals surface area contributed by atoms with Crippen LogP contribution in [-0.2, 0) is 4.79 Å². The highest BCUT2D eigenvalue weighted by molar-refractivity contribution is 5.95. The topological polar surface area (TPSA) is 44.4 Å². The monoisotopic (exact) mass is 395 g/mol. The summed E-state index contributed by atoms with van der Waals surface area (Å²) >= 11 is 0. The van der Waals surface area contributed by atoms with Crippen molar-refractivity contribution in [3.63, 3.8) is 0 Å². The van der Waals surface area contributed by atoms with Crippen molar-refractivity contribution in [1.82, 2.24) is 10.2 Å². The number of nitrogens with zero attached hydrogens (tertiary/aromatic N) is 1. The smallest absolute Gasteiger partial charge is 0.324 e. The second-order valence-corrected chi connectivity index (χ2v) is 6.84. The minimum Gasteiger partial charge on any atom is -0.324 e. The van der Waals surface area contributed by atoms with Crippen LogP contribution >= 0.6 is 0 Å². The summed E-state index contributed by atoms with van der Waals surface area (Å²) in [6.07, 6.45) is -3.73. The zero-order valence-electron chi connectivity index (χ0n) is 15.0. The van der Waals surface area contributed by atoms with E-state index in [0.29, 0.717) is 24.2 Å². The normalized spacial score (nSPS) is 18.8. The molecule has 2 aromatic rings. The number of rotatable bonds is 6. The first-order chi connectivity index (χ1) is 13.3. The molecule has 28 heavy (non-hydrogen) atoms. The maximum atomic E-state index is 13.1. The largest absolute Gasteiger partial charge is 0.401 e. The molecular weight excluding hydrogens is 374 g/mol. The van der Waals surface area contributed by atoms with Gasteiger partial charge in [0.15, 0.2) is 0 Å². The molecule has 2 aromatic carbocycles. The first kappa shape index (κ1) is 20.3. The summed E-state index contributed by atoms with van der Waals surface area (Å²) in [6.45, 7) is -0.423. The maximum Gasteiger partial charge on any atom is 0.401 e. The van der Waals surface area contributed by atoms with Gasteiger partial charge < -0.3 is 5.32 Å². The Morgan fingerprint density at radius 2 is 1.79 bits per heavy atom. The second-order valence-electron chi connectivity index (χ2n) is 6.84. The third-order valence-electron chi connectivity index (χ3n) is 4.58. The molecule has 1 aliphatic rings.